The number of carbonyl (C=O) groups excluding carboxylic acids is 1. The Balaban J connectivity index is 1.88. The first-order valence-corrected chi connectivity index (χ1v) is 8.87. The van der Waals surface area contributed by atoms with E-state index < -0.39 is 5.60 Å². The van der Waals surface area contributed by atoms with Gasteiger partial charge in [0.05, 0.1) is 6.54 Å². The Bertz CT molecular complexity index is 756. The zero-order valence-electron chi connectivity index (χ0n) is 14.8. The summed E-state index contributed by atoms with van der Waals surface area (Å²) in [5, 5.41) is 0.489. The van der Waals surface area contributed by atoms with Gasteiger partial charge < -0.3 is 9.64 Å². The van der Waals surface area contributed by atoms with E-state index in [2.05, 4.69) is 17.1 Å². The van der Waals surface area contributed by atoms with Crippen LogP contribution in [0.25, 0.3) is 0 Å². The third-order valence-corrected chi connectivity index (χ3v) is 4.40. The Morgan fingerprint density at radius 2 is 1.96 bits per heavy atom. The molecule has 0 radical (unpaired) electrons. The predicted octanol–water partition coefficient (Wildman–Crippen LogP) is 4.64. The van der Waals surface area contributed by atoms with Crippen molar-refractivity contribution in [3.05, 3.63) is 64.4 Å². The summed E-state index contributed by atoms with van der Waals surface area (Å²) in [6.07, 6.45) is 1.15. The van der Waals surface area contributed by atoms with Crippen molar-refractivity contribution in [1.29, 1.82) is 0 Å². The van der Waals surface area contributed by atoms with Gasteiger partial charge in [-0.3, -0.25) is 0 Å². The molecule has 5 heteroatoms. The molecule has 1 unspecified atom stereocenters. The molecular weight excluding hydrogens is 336 g/mol. The Morgan fingerprint density at radius 3 is 2.64 bits per heavy atom. The number of ether oxygens (including phenoxy) is 1. The Kier molecular flexibility index (Phi) is 5.00. The highest BCUT2D eigenvalue weighted by molar-refractivity contribution is 6.29. The van der Waals surface area contributed by atoms with Gasteiger partial charge in [-0.1, -0.05) is 48.0 Å². The summed E-state index contributed by atoms with van der Waals surface area (Å²) in [7, 11) is 0. The molecule has 1 aromatic heterocycles. The van der Waals surface area contributed by atoms with Crippen molar-refractivity contribution in [3.8, 4) is 0 Å². The molecule has 0 fully saturated rings. The normalized spacial score (nSPS) is 17.1. The van der Waals surface area contributed by atoms with Crippen molar-refractivity contribution < 1.29 is 9.53 Å². The van der Waals surface area contributed by atoms with Gasteiger partial charge in [0.15, 0.2) is 0 Å². The molecule has 0 saturated heterocycles. The highest BCUT2D eigenvalue weighted by Crippen LogP contribution is 2.27. The first kappa shape index (κ1) is 17.7. The van der Waals surface area contributed by atoms with E-state index in [4.69, 9.17) is 16.3 Å². The molecule has 25 heavy (non-hydrogen) atoms. The number of fused-ring (bicyclic) bond motifs is 1. The van der Waals surface area contributed by atoms with Crippen LogP contribution >= 0.6 is 11.6 Å². The van der Waals surface area contributed by atoms with Crippen LogP contribution < -0.4 is 0 Å². The van der Waals surface area contributed by atoms with E-state index in [1.165, 1.54) is 5.56 Å². The number of nitrogens with zero attached hydrogens (tertiary/aromatic N) is 2. The summed E-state index contributed by atoms with van der Waals surface area (Å²) in [5.74, 6) is 0. The summed E-state index contributed by atoms with van der Waals surface area (Å²) in [6.45, 7) is 6.15. The minimum absolute atomic E-state index is 0.00397. The lowest BCUT2D eigenvalue weighted by Crippen LogP contribution is -2.47. The quantitative estimate of drug-likeness (QED) is 0.734. The number of aromatic nitrogens is 1. The average Bonchev–Trinajstić information content (AvgIpc) is 2.53. The summed E-state index contributed by atoms with van der Waals surface area (Å²) >= 11 is 6.05. The van der Waals surface area contributed by atoms with Crippen LogP contribution in [-0.4, -0.2) is 27.6 Å². The van der Waals surface area contributed by atoms with Crippen molar-refractivity contribution in [2.75, 3.05) is 0 Å². The molecule has 0 bridgehead atoms. The lowest BCUT2D eigenvalue weighted by molar-refractivity contribution is 0.0117. The standard InChI is InChI=1S/C20H23ClN2O2/c1-20(2,3)25-19(24)23-13-15-9-10-18(21)22-17(15)12-16(23)11-14-7-5-4-6-8-14/h4-10,16H,11-13H2,1-3H3. The van der Waals surface area contributed by atoms with Gasteiger partial charge in [0, 0.05) is 18.2 Å². The van der Waals surface area contributed by atoms with Gasteiger partial charge in [0.1, 0.15) is 10.8 Å². The van der Waals surface area contributed by atoms with Crippen LogP contribution in [0.4, 0.5) is 4.79 Å². The summed E-state index contributed by atoms with van der Waals surface area (Å²) in [6, 6.07) is 13.9. The molecule has 1 aliphatic heterocycles. The molecule has 0 N–H and O–H groups in total. The molecule has 1 amide bonds. The fourth-order valence-corrected chi connectivity index (χ4v) is 3.24. The summed E-state index contributed by atoms with van der Waals surface area (Å²) < 4.78 is 5.62. The van der Waals surface area contributed by atoms with E-state index in [-0.39, 0.29) is 12.1 Å². The largest absolute Gasteiger partial charge is 0.444 e. The topological polar surface area (TPSA) is 42.4 Å². The van der Waals surface area contributed by atoms with Gasteiger partial charge in [0.25, 0.3) is 0 Å². The van der Waals surface area contributed by atoms with Crippen LogP contribution in [0.1, 0.15) is 37.6 Å². The van der Waals surface area contributed by atoms with Gasteiger partial charge in [-0.25, -0.2) is 9.78 Å². The smallest absolute Gasteiger partial charge is 0.410 e. The van der Waals surface area contributed by atoms with Crippen LogP contribution in [0.15, 0.2) is 42.5 Å². The van der Waals surface area contributed by atoms with E-state index in [9.17, 15) is 4.79 Å². The minimum Gasteiger partial charge on any atom is -0.444 e. The highest BCUT2D eigenvalue weighted by atomic mass is 35.5. The van der Waals surface area contributed by atoms with Crippen molar-refractivity contribution in [2.24, 2.45) is 0 Å². The van der Waals surface area contributed by atoms with Crippen LogP contribution in [0, 0.1) is 0 Å². The molecule has 0 spiro atoms. The van der Waals surface area contributed by atoms with E-state index in [1.54, 1.807) is 6.07 Å². The summed E-state index contributed by atoms with van der Waals surface area (Å²) in [5.41, 5.74) is 2.66. The molecule has 0 aliphatic carbocycles. The second-order valence-corrected chi connectivity index (χ2v) is 7.78. The number of benzene rings is 1. The van der Waals surface area contributed by atoms with E-state index in [0.29, 0.717) is 18.1 Å². The van der Waals surface area contributed by atoms with Gasteiger partial charge in [-0.2, -0.15) is 0 Å². The Labute approximate surface area is 153 Å². The number of rotatable bonds is 2. The maximum Gasteiger partial charge on any atom is 0.410 e. The van der Waals surface area contributed by atoms with Gasteiger partial charge in [-0.05, 0) is 44.4 Å². The van der Waals surface area contributed by atoms with Crippen LogP contribution in [0.3, 0.4) is 0 Å². The average molecular weight is 359 g/mol. The number of hydrogen-bond acceptors (Lipinski definition) is 3. The molecular formula is C20H23ClN2O2. The number of carbonyl (C=O) groups is 1. The fourth-order valence-electron chi connectivity index (χ4n) is 3.07. The zero-order valence-corrected chi connectivity index (χ0v) is 15.6. The molecule has 1 aliphatic rings. The number of pyridine rings is 1. The van der Waals surface area contributed by atoms with Gasteiger partial charge >= 0.3 is 6.09 Å². The molecule has 1 aromatic carbocycles. The zero-order chi connectivity index (χ0) is 18.0. The first-order valence-electron chi connectivity index (χ1n) is 8.50. The first-order chi connectivity index (χ1) is 11.8. The lowest BCUT2D eigenvalue weighted by atomic mass is 9.94. The van der Waals surface area contributed by atoms with Gasteiger partial charge in [0.2, 0.25) is 0 Å². The van der Waals surface area contributed by atoms with Crippen molar-refractivity contribution in [2.45, 2.75) is 51.8 Å². The molecule has 4 nitrogen and oxygen atoms in total. The molecule has 132 valence electrons. The molecule has 2 aromatic rings. The van der Waals surface area contributed by atoms with Gasteiger partial charge in [-0.15, -0.1) is 0 Å². The number of hydrogen-bond donors (Lipinski definition) is 0. The molecule has 2 heterocycles. The minimum atomic E-state index is -0.521. The third kappa shape index (κ3) is 4.51. The third-order valence-electron chi connectivity index (χ3n) is 4.19. The van der Waals surface area contributed by atoms with Crippen molar-refractivity contribution in [3.63, 3.8) is 0 Å². The van der Waals surface area contributed by atoms with E-state index >= 15 is 0 Å². The Hall–Kier alpha value is -2.07. The molecule has 3 rings (SSSR count). The predicted molar refractivity (Wildman–Crippen MR) is 98.7 cm³/mol. The number of amides is 1. The lowest BCUT2D eigenvalue weighted by Gasteiger charge is -2.37. The van der Waals surface area contributed by atoms with E-state index in [0.717, 1.165) is 17.7 Å². The second kappa shape index (κ2) is 7.04. The van der Waals surface area contributed by atoms with Crippen LogP contribution in [0.2, 0.25) is 5.15 Å². The molecule has 1 atom stereocenters. The van der Waals surface area contributed by atoms with Crippen molar-refractivity contribution in [1.82, 2.24) is 9.88 Å². The monoisotopic (exact) mass is 358 g/mol. The summed E-state index contributed by atoms with van der Waals surface area (Å²) in [4.78, 5) is 19.0. The van der Waals surface area contributed by atoms with Crippen LogP contribution in [0.5, 0.6) is 0 Å². The second-order valence-electron chi connectivity index (χ2n) is 7.40. The number of halogens is 1. The maximum atomic E-state index is 12.7. The van der Waals surface area contributed by atoms with Crippen molar-refractivity contribution >= 4 is 17.7 Å². The maximum absolute atomic E-state index is 12.7. The molecule has 0 saturated carbocycles. The SMILES string of the molecule is CC(C)(C)OC(=O)N1Cc2ccc(Cl)nc2CC1Cc1ccccc1. The fraction of sp³-hybridized carbons (Fsp3) is 0.400. The Morgan fingerprint density at radius 1 is 1.24 bits per heavy atom. The van der Waals surface area contributed by atoms with E-state index in [1.807, 2.05) is 49.9 Å². The van der Waals surface area contributed by atoms with Crippen LogP contribution in [-0.2, 0) is 24.1 Å². The highest BCUT2D eigenvalue weighted by Gasteiger charge is 2.33.